The van der Waals surface area contributed by atoms with E-state index in [-0.39, 0.29) is 12.4 Å². The van der Waals surface area contributed by atoms with E-state index in [1.807, 2.05) is 24.3 Å². The zero-order chi connectivity index (χ0) is 12.7. The molecule has 0 unspecified atom stereocenters. The number of carbonyl (C=O) groups excluding carboxylic acids is 1. The van der Waals surface area contributed by atoms with E-state index >= 15 is 0 Å². The van der Waals surface area contributed by atoms with Crippen LogP contribution in [0.2, 0.25) is 0 Å². The van der Waals surface area contributed by atoms with Crippen molar-refractivity contribution in [2.45, 2.75) is 26.7 Å². The van der Waals surface area contributed by atoms with E-state index in [1.165, 1.54) is 0 Å². The van der Waals surface area contributed by atoms with E-state index in [1.54, 1.807) is 0 Å². The number of ketones is 1. The van der Waals surface area contributed by atoms with Gasteiger partial charge in [0.05, 0.1) is 0 Å². The molecule has 0 bridgehead atoms. The normalized spacial score (nSPS) is 10.8. The standard InChI is InChI=1S/C14H19BrO2/c1-11(2)5-4-8-17-10-14(16)12-6-3-7-13(15)9-12/h3,6-7,9,11H,4-5,8,10H2,1-2H3. The highest BCUT2D eigenvalue weighted by atomic mass is 79.9. The second kappa shape index (κ2) is 7.62. The molecule has 0 N–H and O–H groups in total. The van der Waals surface area contributed by atoms with Gasteiger partial charge in [-0.1, -0.05) is 41.9 Å². The van der Waals surface area contributed by atoms with Gasteiger partial charge in [-0.25, -0.2) is 0 Å². The minimum atomic E-state index is 0.0378. The fourth-order valence-corrected chi connectivity index (χ4v) is 1.90. The van der Waals surface area contributed by atoms with Crippen LogP contribution >= 0.6 is 15.9 Å². The van der Waals surface area contributed by atoms with Gasteiger partial charge in [-0.3, -0.25) is 4.79 Å². The molecule has 0 saturated heterocycles. The van der Waals surface area contributed by atoms with Crippen molar-refractivity contribution in [1.82, 2.24) is 0 Å². The molecule has 0 spiro atoms. The summed E-state index contributed by atoms with van der Waals surface area (Å²) in [5, 5.41) is 0. The average Bonchev–Trinajstić information content (AvgIpc) is 2.28. The molecule has 1 aromatic carbocycles. The molecular formula is C14H19BrO2. The first-order chi connectivity index (χ1) is 8.09. The highest BCUT2D eigenvalue weighted by Crippen LogP contribution is 2.12. The molecule has 0 aliphatic heterocycles. The minimum absolute atomic E-state index is 0.0378. The molecule has 2 nitrogen and oxygen atoms in total. The summed E-state index contributed by atoms with van der Waals surface area (Å²) < 4.78 is 6.29. The maximum absolute atomic E-state index is 11.7. The highest BCUT2D eigenvalue weighted by molar-refractivity contribution is 9.10. The van der Waals surface area contributed by atoms with Crippen molar-refractivity contribution >= 4 is 21.7 Å². The molecule has 17 heavy (non-hydrogen) atoms. The number of benzene rings is 1. The number of carbonyl (C=O) groups is 1. The third-order valence-electron chi connectivity index (χ3n) is 2.45. The fraction of sp³-hybridized carbons (Fsp3) is 0.500. The molecule has 0 aromatic heterocycles. The van der Waals surface area contributed by atoms with Crippen LogP contribution in [0.1, 0.15) is 37.0 Å². The van der Waals surface area contributed by atoms with E-state index in [0.29, 0.717) is 18.1 Å². The lowest BCUT2D eigenvalue weighted by molar-refractivity contribution is 0.0749. The maximum Gasteiger partial charge on any atom is 0.188 e. The largest absolute Gasteiger partial charge is 0.373 e. The number of hydrogen-bond acceptors (Lipinski definition) is 2. The summed E-state index contributed by atoms with van der Waals surface area (Å²) in [4.78, 5) is 11.7. The zero-order valence-corrected chi connectivity index (χ0v) is 12.0. The molecule has 0 amide bonds. The average molecular weight is 299 g/mol. The van der Waals surface area contributed by atoms with E-state index in [2.05, 4.69) is 29.8 Å². The summed E-state index contributed by atoms with van der Waals surface area (Å²) in [6, 6.07) is 7.39. The predicted octanol–water partition coefficient (Wildman–Crippen LogP) is 4.08. The first-order valence-electron chi connectivity index (χ1n) is 5.96. The van der Waals surface area contributed by atoms with Crippen molar-refractivity contribution in [3.63, 3.8) is 0 Å². The van der Waals surface area contributed by atoms with Gasteiger partial charge >= 0.3 is 0 Å². The Morgan fingerprint density at radius 2 is 2.18 bits per heavy atom. The molecule has 0 atom stereocenters. The van der Waals surface area contributed by atoms with Crippen LogP contribution in [0.3, 0.4) is 0 Å². The molecular weight excluding hydrogens is 280 g/mol. The van der Waals surface area contributed by atoms with E-state index in [9.17, 15) is 4.79 Å². The van der Waals surface area contributed by atoms with Crippen molar-refractivity contribution in [3.8, 4) is 0 Å². The van der Waals surface area contributed by atoms with Gasteiger partial charge in [0, 0.05) is 16.6 Å². The molecule has 0 aliphatic carbocycles. The number of hydrogen-bond donors (Lipinski definition) is 0. The van der Waals surface area contributed by atoms with E-state index < -0.39 is 0 Å². The van der Waals surface area contributed by atoms with Gasteiger partial charge in [0.2, 0.25) is 0 Å². The lowest BCUT2D eigenvalue weighted by Gasteiger charge is -2.06. The smallest absolute Gasteiger partial charge is 0.188 e. The maximum atomic E-state index is 11.7. The summed E-state index contributed by atoms with van der Waals surface area (Å²) in [7, 11) is 0. The number of Topliss-reactive ketones (excluding diaryl/α,β-unsaturated/α-hetero) is 1. The van der Waals surface area contributed by atoms with Crippen molar-refractivity contribution in [1.29, 1.82) is 0 Å². The van der Waals surface area contributed by atoms with Gasteiger partial charge < -0.3 is 4.74 Å². The Labute approximate surface area is 111 Å². The molecule has 1 rings (SSSR count). The van der Waals surface area contributed by atoms with Crippen LogP contribution in [0.4, 0.5) is 0 Å². The van der Waals surface area contributed by atoms with Crippen LogP contribution in [-0.4, -0.2) is 19.0 Å². The Kier molecular flexibility index (Phi) is 6.45. The van der Waals surface area contributed by atoms with E-state index in [0.717, 1.165) is 17.3 Å². The second-order valence-corrected chi connectivity index (χ2v) is 5.44. The lowest BCUT2D eigenvalue weighted by Crippen LogP contribution is -2.10. The first-order valence-corrected chi connectivity index (χ1v) is 6.75. The second-order valence-electron chi connectivity index (χ2n) is 4.52. The van der Waals surface area contributed by atoms with E-state index in [4.69, 9.17) is 4.74 Å². The molecule has 3 heteroatoms. The lowest BCUT2D eigenvalue weighted by atomic mass is 10.1. The summed E-state index contributed by atoms with van der Waals surface area (Å²) in [6.45, 7) is 5.21. The first kappa shape index (κ1) is 14.4. The van der Waals surface area contributed by atoms with Gasteiger partial charge in [-0.05, 0) is 30.9 Å². The number of ether oxygens (including phenoxy) is 1. The van der Waals surface area contributed by atoms with Crippen LogP contribution in [0.5, 0.6) is 0 Å². The predicted molar refractivity (Wildman–Crippen MR) is 73.4 cm³/mol. The van der Waals surface area contributed by atoms with Gasteiger partial charge in [-0.2, -0.15) is 0 Å². The Morgan fingerprint density at radius 1 is 1.41 bits per heavy atom. The zero-order valence-electron chi connectivity index (χ0n) is 10.4. The quantitative estimate of drug-likeness (QED) is 0.560. The third-order valence-corrected chi connectivity index (χ3v) is 2.94. The Bertz CT molecular complexity index is 361. The molecule has 0 aliphatic rings. The Hall–Kier alpha value is -0.670. The van der Waals surface area contributed by atoms with Crippen molar-refractivity contribution < 1.29 is 9.53 Å². The van der Waals surface area contributed by atoms with Gasteiger partial charge in [0.1, 0.15) is 6.61 Å². The van der Waals surface area contributed by atoms with Crippen molar-refractivity contribution in [2.75, 3.05) is 13.2 Å². The van der Waals surface area contributed by atoms with Crippen molar-refractivity contribution in [2.24, 2.45) is 5.92 Å². The number of halogens is 1. The topological polar surface area (TPSA) is 26.3 Å². The Morgan fingerprint density at radius 3 is 2.82 bits per heavy atom. The monoisotopic (exact) mass is 298 g/mol. The van der Waals surface area contributed by atoms with Crippen LogP contribution in [0.25, 0.3) is 0 Å². The SMILES string of the molecule is CC(C)CCCOCC(=O)c1cccc(Br)c1. The minimum Gasteiger partial charge on any atom is -0.373 e. The fourth-order valence-electron chi connectivity index (χ4n) is 1.50. The van der Waals surface area contributed by atoms with Crippen LogP contribution < -0.4 is 0 Å². The van der Waals surface area contributed by atoms with Crippen LogP contribution in [0, 0.1) is 5.92 Å². The highest BCUT2D eigenvalue weighted by Gasteiger charge is 2.06. The third kappa shape index (κ3) is 5.99. The number of rotatable bonds is 7. The molecule has 0 saturated carbocycles. The van der Waals surface area contributed by atoms with Crippen molar-refractivity contribution in [3.05, 3.63) is 34.3 Å². The van der Waals surface area contributed by atoms with Gasteiger partial charge in [-0.15, -0.1) is 0 Å². The summed E-state index contributed by atoms with van der Waals surface area (Å²) in [5.74, 6) is 0.732. The summed E-state index contributed by atoms with van der Waals surface area (Å²) in [6.07, 6.45) is 2.16. The molecule has 0 radical (unpaired) electrons. The van der Waals surface area contributed by atoms with Gasteiger partial charge in [0.15, 0.2) is 5.78 Å². The molecule has 0 fully saturated rings. The molecule has 0 heterocycles. The van der Waals surface area contributed by atoms with Gasteiger partial charge in [0.25, 0.3) is 0 Å². The van der Waals surface area contributed by atoms with Crippen LogP contribution in [-0.2, 0) is 4.74 Å². The Balaban J connectivity index is 2.26. The molecule has 1 aromatic rings. The van der Waals surface area contributed by atoms with Crippen LogP contribution in [0.15, 0.2) is 28.7 Å². The molecule has 94 valence electrons. The summed E-state index contributed by atoms with van der Waals surface area (Å²) >= 11 is 3.35. The summed E-state index contributed by atoms with van der Waals surface area (Å²) in [5.41, 5.74) is 0.697.